The van der Waals surface area contributed by atoms with Gasteiger partial charge in [0.05, 0.1) is 0 Å². The molecule has 0 aromatic carbocycles. The van der Waals surface area contributed by atoms with Gasteiger partial charge in [-0.3, -0.25) is 0 Å². The van der Waals surface area contributed by atoms with E-state index in [0.717, 1.165) is 0 Å². The Balaban J connectivity index is 4.74. The maximum absolute atomic E-state index is 2.45. The van der Waals surface area contributed by atoms with E-state index in [4.69, 9.17) is 0 Å². The first-order valence-electron chi connectivity index (χ1n) is 4.37. The molecule has 0 aliphatic carbocycles. The SMILES string of the molecule is CB=C([Si](C)(C)C)[Si](C)(C)C. The van der Waals surface area contributed by atoms with Crippen LogP contribution < -0.4 is 0 Å². The second-order valence-electron chi connectivity index (χ2n) is 5.20. The Bertz CT molecular complexity index is 144. The predicted octanol–water partition coefficient (Wildman–Crippen LogP) is 2.67. The zero-order valence-electron chi connectivity index (χ0n) is 9.08. The minimum atomic E-state index is -0.999. The first-order chi connectivity index (χ1) is 4.69. The normalized spacial score (nSPS) is 12.6. The maximum atomic E-state index is 2.45. The van der Waals surface area contributed by atoms with Crippen LogP contribution in [0.4, 0.5) is 0 Å². The Morgan fingerprint density at radius 3 is 1.09 bits per heavy atom. The summed E-state index contributed by atoms with van der Waals surface area (Å²) in [5.74, 6) is 0. The average molecular weight is 184 g/mol. The Kier molecular flexibility index (Phi) is 3.51. The van der Waals surface area contributed by atoms with Gasteiger partial charge in [0.1, 0.15) is 0 Å². The zero-order valence-corrected chi connectivity index (χ0v) is 11.1. The molecule has 0 fully saturated rings. The van der Waals surface area contributed by atoms with Gasteiger partial charge in [-0.15, -0.1) is 0 Å². The van der Waals surface area contributed by atoms with Crippen LogP contribution in [0.25, 0.3) is 0 Å². The third kappa shape index (κ3) is 3.52. The van der Waals surface area contributed by atoms with E-state index in [1.165, 1.54) is 0 Å². The Morgan fingerprint density at radius 1 is 0.818 bits per heavy atom. The summed E-state index contributed by atoms with van der Waals surface area (Å²) in [5, 5.41) is 0. The quantitative estimate of drug-likeness (QED) is 0.579. The number of hydrogen-bond acceptors (Lipinski definition) is 0. The van der Waals surface area contributed by atoms with Crippen molar-refractivity contribution < 1.29 is 0 Å². The van der Waals surface area contributed by atoms with Crippen molar-refractivity contribution in [1.29, 1.82) is 0 Å². The Labute approximate surface area is 74.3 Å². The van der Waals surface area contributed by atoms with Gasteiger partial charge in [-0.05, 0) is 0 Å². The molecule has 3 heteroatoms. The monoisotopic (exact) mass is 184 g/mol. The van der Waals surface area contributed by atoms with E-state index in [9.17, 15) is 0 Å². The molecule has 0 aliphatic rings. The van der Waals surface area contributed by atoms with Gasteiger partial charge in [-0.1, -0.05) is 0 Å². The van der Waals surface area contributed by atoms with E-state index < -0.39 is 16.1 Å². The molecule has 0 atom stereocenters. The third-order valence-electron chi connectivity index (χ3n) is 1.90. The fraction of sp³-hybridized carbons (Fsp3) is 0.875. The molecular weight excluding hydrogens is 163 g/mol. The Hall–Kier alpha value is 0.369. The molecule has 0 nitrogen and oxygen atoms in total. The van der Waals surface area contributed by atoms with Gasteiger partial charge in [-0.25, -0.2) is 0 Å². The molecule has 0 radical (unpaired) electrons. The molecule has 0 unspecified atom stereocenters. The minimum absolute atomic E-state index is 0.999. The molecule has 0 rings (SSSR count). The van der Waals surface area contributed by atoms with Crippen LogP contribution in [0, 0.1) is 0 Å². The molecule has 0 aliphatic heterocycles. The van der Waals surface area contributed by atoms with Gasteiger partial charge in [0.25, 0.3) is 0 Å². The molecule has 11 heavy (non-hydrogen) atoms. The molecule has 0 amide bonds. The van der Waals surface area contributed by atoms with E-state index >= 15 is 0 Å². The van der Waals surface area contributed by atoms with Gasteiger partial charge >= 0.3 is 73.9 Å². The third-order valence-corrected chi connectivity index (χ3v) is 10.2. The summed E-state index contributed by atoms with van der Waals surface area (Å²) in [7, 11) is -2.00. The van der Waals surface area contributed by atoms with Gasteiger partial charge in [0, 0.05) is 0 Å². The topological polar surface area (TPSA) is 0 Å². The molecule has 0 saturated carbocycles. The number of rotatable bonds is 2. The van der Waals surface area contributed by atoms with Gasteiger partial charge in [0.2, 0.25) is 0 Å². The first-order valence-corrected chi connectivity index (χ1v) is 11.4. The van der Waals surface area contributed by atoms with Crippen molar-refractivity contribution in [1.82, 2.24) is 0 Å². The average Bonchev–Trinajstić information content (AvgIpc) is 1.56. The molecule has 64 valence electrons. The first kappa shape index (κ1) is 11.4. The van der Waals surface area contributed by atoms with Crippen LogP contribution in [-0.4, -0.2) is 27.8 Å². The molecule has 0 aromatic rings. The van der Waals surface area contributed by atoms with Gasteiger partial charge < -0.3 is 0 Å². The van der Waals surface area contributed by atoms with Crippen LogP contribution in [0.15, 0.2) is 0 Å². The second kappa shape index (κ2) is 3.40. The van der Waals surface area contributed by atoms with Crippen molar-refractivity contribution in [2.24, 2.45) is 0 Å². The van der Waals surface area contributed by atoms with E-state index in [1.54, 1.807) is 0 Å². The molecule has 0 saturated heterocycles. The summed E-state index contributed by atoms with van der Waals surface area (Å²) in [6.45, 7) is 19.2. The summed E-state index contributed by atoms with van der Waals surface area (Å²) in [6.07, 6.45) is 0. The van der Waals surface area contributed by atoms with Crippen molar-refractivity contribution in [3.63, 3.8) is 0 Å². The van der Waals surface area contributed by atoms with E-state index in [1.807, 2.05) is 4.71 Å². The summed E-state index contributed by atoms with van der Waals surface area (Å²) in [5.41, 5.74) is 0. The van der Waals surface area contributed by atoms with Crippen molar-refractivity contribution >= 4 is 27.8 Å². The summed E-state index contributed by atoms with van der Waals surface area (Å²) < 4.78 is 1.81. The zero-order chi connectivity index (χ0) is 9.28. The van der Waals surface area contributed by atoms with E-state index in [-0.39, 0.29) is 0 Å². The summed E-state index contributed by atoms with van der Waals surface area (Å²) >= 11 is 0. The van der Waals surface area contributed by atoms with E-state index in [0.29, 0.717) is 0 Å². The Morgan fingerprint density at radius 2 is 1.09 bits per heavy atom. The molecule has 0 heterocycles. The summed E-state index contributed by atoms with van der Waals surface area (Å²) in [6, 6.07) is 0. The van der Waals surface area contributed by atoms with Crippen molar-refractivity contribution in [3.8, 4) is 0 Å². The van der Waals surface area contributed by atoms with Crippen LogP contribution in [0.2, 0.25) is 46.1 Å². The van der Waals surface area contributed by atoms with E-state index in [2.05, 4.69) is 53.0 Å². The predicted molar refractivity (Wildman–Crippen MR) is 63.3 cm³/mol. The van der Waals surface area contributed by atoms with Crippen LogP contribution in [0.5, 0.6) is 0 Å². The molecule has 0 N–H and O–H groups in total. The standard InChI is InChI=1S/C8H21BSi2/c1-9-8(10(2,3)4)11(5,6)7/h1-7H3. The van der Waals surface area contributed by atoms with Gasteiger partial charge in [-0.2, -0.15) is 0 Å². The molecule has 0 bridgehead atoms. The van der Waals surface area contributed by atoms with Crippen molar-refractivity contribution in [2.45, 2.75) is 46.1 Å². The van der Waals surface area contributed by atoms with Crippen LogP contribution in [0.3, 0.4) is 0 Å². The fourth-order valence-corrected chi connectivity index (χ4v) is 12.7. The fourth-order valence-electron chi connectivity index (χ4n) is 1.99. The molecule has 0 spiro atoms. The van der Waals surface area contributed by atoms with Crippen LogP contribution >= 0.6 is 0 Å². The van der Waals surface area contributed by atoms with Crippen molar-refractivity contribution in [2.75, 3.05) is 0 Å². The van der Waals surface area contributed by atoms with Crippen LogP contribution in [-0.2, 0) is 0 Å². The molecule has 0 aromatic heterocycles. The summed E-state index contributed by atoms with van der Waals surface area (Å²) in [4.78, 5) is 0. The number of hydrogen-bond donors (Lipinski definition) is 0. The van der Waals surface area contributed by atoms with Gasteiger partial charge in [0.15, 0.2) is 0 Å². The van der Waals surface area contributed by atoms with Crippen LogP contribution in [0.1, 0.15) is 0 Å². The van der Waals surface area contributed by atoms with Crippen molar-refractivity contribution in [3.05, 3.63) is 0 Å². The second-order valence-corrected chi connectivity index (χ2v) is 15.8. The molecular formula is C8H21BSi2.